The molecule has 2 aliphatic rings. The number of benzene rings is 1. The number of fused-ring (bicyclic) bond motifs is 1. The van der Waals surface area contributed by atoms with Crippen molar-refractivity contribution in [3.63, 3.8) is 0 Å². The van der Waals surface area contributed by atoms with Crippen LogP contribution >= 0.6 is 0 Å². The summed E-state index contributed by atoms with van der Waals surface area (Å²) < 4.78 is 27.0. The van der Waals surface area contributed by atoms with Gasteiger partial charge in [-0.15, -0.1) is 0 Å². The van der Waals surface area contributed by atoms with Gasteiger partial charge in [-0.05, 0) is 30.9 Å². The lowest BCUT2D eigenvalue weighted by Crippen LogP contribution is -2.40. The molecule has 1 aromatic rings. The van der Waals surface area contributed by atoms with Gasteiger partial charge in [0, 0.05) is 39.4 Å². The van der Waals surface area contributed by atoms with E-state index in [0.717, 1.165) is 0 Å². The lowest BCUT2D eigenvalue weighted by Gasteiger charge is -2.23. The van der Waals surface area contributed by atoms with E-state index in [0.29, 0.717) is 38.2 Å². The number of likely N-dealkylation sites (N-methyl/N-ethyl adjacent to an activating group) is 1. The summed E-state index contributed by atoms with van der Waals surface area (Å²) in [5, 5.41) is 2.32. The minimum Gasteiger partial charge on any atom is -0.348 e. The first kappa shape index (κ1) is 19.6. The second-order valence-electron chi connectivity index (χ2n) is 7.28. The summed E-state index contributed by atoms with van der Waals surface area (Å²) in [6.07, 6.45) is 1.00. The number of carbonyl (C=O) groups excluding carboxylic acids is 2. The number of anilines is 1. The molecule has 0 radical (unpaired) electrons. The SMILES string of the molecule is CN(C)C(=O)CN1C[C@H]2CCN(C(=O)Nc3ccccc3)CC[C@H]2S1(=O)=O. The molecule has 0 saturated carbocycles. The van der Waals surface area contributed by atoms with E-state index in [-0.39, 0.29) is 24.4 Å². The van der Waals surface area contributed by atoms with Gasteiger partial charge in [0.2, 0.25) is 15.9 Å². The van der Waals surface area contributed by atoms with Crippen molar-refractivity contribution >= 4 is 27.6 Å². The number of urea groups is 1. The minimum atomic E-state index is -3.52. The molecule has 1 N–H and O–H groups in total. The Bertz CT molecular complexity index is 797. The zero-order chi connectivity index (χ0) is 19.6. The molecule has 2 fully saturated rings. The van der Waals surface area contributed by atoms with Crippen LogP contribution in [0.2, 0.25) is 0 Å². The molecule has 0 spiro atoms. The number of nitrogens with one attached hydrogen (secondary N) is 1. The lowest BCUT2D eigenvalue weighted by molar-refractivity contribution is -0.128. The lowest BCUT2D eigenvalue weighted by atomic mass is 10.0. The van der Waals surface area contributed by atoms with E-state index in [2.05, 4.69) is 5.32 Å². The standard InChI is InChI=1S/C18H26N4O4S/c1-20(2)17(23)13-22-12-14-8-10-21(11-9-16(14)27(22,25)26)18(24)19-15-6-4-3-5-7-15/h3-7,14,16H,8-13H2,1-2H3,(H,19,24)/t14-,16-/m1/s1. The van der Waals surface area contributed by atoms with Gasteiger partial charge in [0.05, 0.1) is 11.8 Å². The Labute approximate surface area is 160 Å². The summed E-state index contributed by atoms with van der Waals surface area (Å²) in [5.41, 5.74) is 0.716. The maximum absolute atomic E-state index is 12.8. The van der Waals surface area contributed by atoms with Crippen LogP contribution in [0.25, 0.3) is 0 Å². The van der Waals surface area contributed by atoms with E-state index in [4.69, 9.17) is 0 Å². The minimum absolute atomic E-state index is 0.0560. The van der Waals surface area contributed by atoms with Gasteiger partial charge in [0.15, 0.2) is 0 Å². The van der Waals surface area contributed by atoms with Gasteiger partial charge in [-0.2, -0.15) is 4.31 Å². The summed E-state index contributed by atoms with van der Waals surface area (Å²) in [6, 6.07) is 8.99. The van der Waals surface area contributed by atoms with Crippen molar-refractivity contribution in [1.29, 1.82) is 0 Å². The normalized spacial score (nSPS) is 24.7. The smallest absolute Gasteiger partial charge is 0.321 e. The molecule has 2 saturated heterocycles. The molecule has 0 unspecified atom stereocenters. The van der Waals surface area contributed by atoms with Gasteiger partial charge in [0.1, 0.15) is 0 Å². The molecule has 2 heterocycles. The highest BCUT2D eigenvalue weighted by Crippen LogP contribution is 2.34. The molecule has 0 bridgehead atoms. The molecule has 0 aliphatic carbocycles. The fourth-order valence-electron chi connectivity index (χ4n) is 3.67. The molecule has 0 aromatic heterocycles. The van der Waals surface area contributed by atoms with Crippen molar-refractivity contribution in [2.45, 2.75) is 18.1 Å². The molecular formula is C18H26N4O4S. The van der Waals surface area contributed by atoms with E-state index < -0.39 is 15.3 Å². The predicted molar refractivity (Wildman–Crippen MR) is 103 cm³/mol. The fourth-order valence-corrected chi connectivity index (χ4v) is 5.85. The summed E-state index contributed by atoms with van der Waals surface area (Å²) >= 11 is 0. The van der Waals surface area contributed by atoms with Gasteiger partial charge in [-0.1, -0.05) is 18.2 Å². The number of hydrogen-bond donors (Lipinski definition) is 1. The van der Waals surface area contributed by atoms with Crippen LogP contribution in [0.3, 0.4) is 0 Å². The third kappa shape index (κ3) is 4.24. The fraction of sp³-hybridized carbons (Fsp3) is 0.556. The van der Waals surface area contributed by atoms with E-state index in [9.17, 15) is 18.0 Å². The van der Waals surface area contributed by atoms with Crippen molar-refractivity contribution in [2.24, 2.45) is 5.92 Å². The number of amides is 3. The van der Waals surface area contributed by atoms with Crippen LogP contribution in [0.5, 0.6) is 0 Å². The van der Waals surface area contributed by atoms with Crippen LogP contribution in [0.1, 0.15) is 12.8 Å². The van der Waals surface area contributed by atoms with Crippen LogP contribution in [-0.4, -0.2) is 80.0 Å². The molecule has 148 valence electrons. The number of likely N-dealkylation sites (tertiary alicyclic amines) is 1. The number of rotatable bonds is 3. The Morgan fingerprint density at radius 1 is 1.15 bits per heavy atom. The molecule has 27 heavy (non-hydrogen) atoms. The Balaban J connectivity index is 1.63. The van der Waals surface area contributed by atoms with E-state index in [1.54, 1.807) is 19.0 Å². The molecule has 2 aliphatic heterocycles. The van der Waals surface area contributed by atoms with Crippen molar-refractivity contribution in [1.82, 2.24) is 14.1 Å². The monoisotopic (exact) mass is 394 g/mol. The summed E-state index contributed by atoms with van der Waals surface area (Å²) in [4.78, 5) is 27.5. The molecule has 3 amide bonds. The van der Waals surface area contributed by atoms with Gasteiger partial charge in [0.25, 0.3) is 0 Å². The maximum atomic E-state index is 12.8. The number of para-hydroxylation sites is 1. The first-order valence-corrected chi connectivity index (χ1v) is 10.6. The second kappa shape index (κ2) is 7.85. The third-order valence-electron chi connectivity index (χ3n) is 5.28. The van der Waals surface area contributed by atoms with Crippen LogP contribution < -0.4 is 5.32 Å². The highest BCUT2D eigenvalue weighted by atomic mass is 32.2. The van der Waals surface area contributed by atoms with Gasteiger partial charge >= 0.3 is 6.03 Å². The first-order valence-electron chi connectivity index (χ1n) is 9.09. The maximum Gasteiger partial charge on any atom is 0.321 e. The third-order valence-corrected chi connectivity index (χ3v) is 7.67. The highest BCUT2D eigenvalue weighted by Gasteiger charge is 2.47. The van der Waals surface area contributed by atoms with Crippen molar-refractivity contribution in [3.8, 4) is 0 Å². The zero-order valence-corrected chi connectivity index (χ0v) is 16.5. The summed E-state index contributed by atoms with van der Waals surface area (Å²) in [6.45, 7) is 1.13. The Hall–Kier alpha value is -2.13. The first-order chi connectivity index (χ1) is 12.8. The second-order valence-corrected chi connectivity index (χ2v) is 9.44. The Kier molecular flexibility index (Phi) is 5.71. The average Bonchev–Trinajstić information content (AvgIpc) is 2.77. The van der Waals surface area contributed by atoms with Crippen molar-refractivity contribution < 1.29 is 18.0 Å². The number of nitrogens with zero attached hydrogens (tertiary/aromatic N) is 3. The molecular weight excluding hydrogens is 368 g/mol. The number of sulfonamides is 1. The topological polar surface area (TPSA) is 90.0 Å². The molecule has 2 atom stereocenters. The number of hydrogen-bond acceptors (Lipinski definition) is 4. The van der Waals surface area contributed by atoms with Gasteiger partial charge < -0.3 is 15.1 Å². The molecule has 3 rings (SSSR count). The van der Waals surface area contributed by atoms with Crippen molar-refractivity contribution in [2.75, 3.05) is 45.6 Å². The van der Waals surface area contributed by atoms with E-state index >= 15 is 0 Å². The van der Waals surface area contributed by atoms with Crippen LogP contribution in [0.15, 0.2) is 30.3 Å². The summed E-state index contributed by atoms with van der Waals surface area (Å²) in [7, 11) is -0.286. The quantitative estimate of drug-likeness (QED) is 0.829. The Morgan fingerprint density at radius 3 is 2.48 bits per heavy atom. The van der Waals surface area contributed by atoms with Gasteiger partial charge in [-0.3, -0.25) is 4.79 Å². The number of carbonyl (C=O) groups is 2. The van der Waals surface area contributed by atoms with Gasteiger partial charge in [-0.25, -0.2) is 13.2 Å². The highest BCUT2D eigenvalue weighted by molar-refractivity contribution is 7.90. The summed E-state index contributed by atoms with van der Waals surface area (Å²) in [5.74, 6) is -0.279. The van der Waals surface area contributed by atoms with Crippen molar-refractivity contribution in [3.05, 3.63) is 30.3 Å². The largest absolute Gasteiger partial charge is 0.348 e. The van der Waals surface area contributed by atoms with Crippen LogP contribution in [-0.2, 0) is 14.8 Å². The Morgan fingerprint density at radius 2 is 1.81 bits per heavy atom. The van der Waals surface area contributed by atoms with E-state index in [1.165, 1.54) is 9.21 Å². The molecule has 8 nitrogen and oxygen atoms in total. The van der Waals surface area contributed by atoms with Crippen LogP contribution in [0, 0.1) is 5.92 Å². The van der Waals surface area contributed by atoms with Crippen LogP contribution in [0.4, 0.5) is 10.5 Å². The molecule has 1 aromatic carbocycles. The zero-order valence-electron chi connectivity index (χ0n) is 15.7. The molecule has 9 heteroatoms. The predicted octanol–water partition coefficient (Wildman–Crippen LogP) is 1.03. The van der Waals surface area contributed by atoms with E-state index in [1.807, 2.05) is 30.3 Å². The average molecular weight is 394 g/mol.